The standard InChI is InChI=1S/C15H17ClFN3/c16-12-7-4-8-13(14(12)17)19-15-18-9-10-20(15)11-5-2-1-3-6-11/h4,7-11H,1-3,5-6H2,(H,18,19). The van der Waals surface area contributed by atoms with Gasteiger partial charge in [0, 0.05) is 18.4 Å². The Bertz CT molecular complexity index is 591. The fourth-order valence-electron chi connectivity index (χ4n) is 2.78. The maximum absolute atomic E-state index is 13.9. The smallest absolute Gasteiger partial charge is 0.207 e. The minimum atomic E-state index is -0.438. The summed E-state index contributed by atoms with van der Waals surface area (Å²) in [6.45, 7) is 0. The zero-order valence-corrected chi connectivity index (χ0v) is 11.9. The van der Waals surface area contributed by atoms with Crippen LogP contribution in [0, 0.1) is 5.82 Å². The molecule has 5 heteroatoms. The molecule has 2 aromatic rings. The Morgan fingerprint density at radius 3 is 2.85 bits per heavy atom. The van der Waals surface area contributed by atoms with Crippen molar-refractivity contribution >= 4 is 23.2 Å². The molecule has 1 aliphatic rings. The van der Waals surface area contributed by atoms with Gasteiger partial charge in [-0.1, -0.05) is 36.9 Å². The van der Waals surface area contributed by atoms with Crippen molar-refractivity contribution in [2.75, 3.05) is 5.32 Å². The van der Waals surface area contributed by atoms with Crippen molar-refractivity contribution < 1.29 is 4.39 Å². The fraction of sp³-hybridized carbons (Fsp3) is 0.400. The highest BCUT2D eigenvalue weighted by Crippen LogP contribution is 2.32. The lowest BCUT2D eigenvalue weighted by Crippen LogP contribution is -2.14. The van der Waals surface area contributed by atoms with Gasteiger partial charge in [-0.3, -0.25) is 0 Å². The van der Waals surface area contributed by atoms with E-state index in [1.165, 1.54) is 25.3 Å². The van der Waals surface area contributed by atoms with Crippen molar-refractivity contribution in [2.24, 2.45) is 0 Å². The third kappa shape index (κ3) is 2.66. The summed E-state index contributed by atoms with van der Waals surface area (Å²) in [4.78, 5) is 4.30. The lowest BCUT2D eigenvalue weighted by atomic mass is 9.95. The number of rotatable bonds is 3. The summed E-state index contributed by atoms with van der Waals surface area (Å²) in [5.41, 5.74) is 0.362. The summed E-state index contributed by atoms with van der Waals surface area (Å²) < 4.78 is 16.0. The van der Waals surface area contributed by atoms with Crippen LogP contribution in [0.15, 0.2) is 30.6 Å². The molecule has 20 heavy (non-hydrogen) atoms. The van der Waals surface area contributed by atoms with Crippen LogP contribution < -0.4 is 5.32 Å². The Labute approximate surface area is 122 Å². The molecule has 106 valence electrons. The third-order valence-corrected chi connectivity index (χ3v) is 4.13. The lowest BCUT2D eigenvalue weighted by Gasteiger charge is -2.24. The van der Waals surface area contributed by atoms with Gasteiger partial charge in [0.15, 0.2) is 5.82 Å². The molecule has 0 atom stereocenters. The van der Waals surface area contributed by atoms with Gasteiger partial charge in [-0.25, -0.2) is 9.37 Å². The number of imidazole rings is 1. The molecule has 0 radical (unpaired) electrons. The highest BCUT2D eigenvalue weighted by Gasteiger charge is 2.18. The van der Waals surface area contributed by atoms with Gasteiger partial charge in [0.1, 0.15) is 0 Å². The van der Waals surface area contributed by atoms with Crippen LogP contribution in [0.3, 0.4) is 0 Å². The molecule has 1 N–H and O–H groups in total. The third-order valence-electron chi connectivity index (χ3n) is 3.83. The molecule has 1 heterocycles. The van der Waals surface area contributed by atoms with E-state index in [0.717, 1.165) is 12.8 Å². The molecule has 0 bridgehead atoms. The first-order valence-corrected chi connectivity index (χ1v) is 7.37. The second-order valence-electron chi connectivity index (χ2n) is 5.18. The van der Waals surface area contributed by atoms with E-state index < -0.39 is 5.82 Å². The van der Waals surface area contributed by atoms with Crippen molar-refractivity contribution in [2.45, 2.75) is 38.1 Å². The van der Waals surface area contributed by atoms with Crippen LogP contribution in [-0.2, 0) is 0 Å². The van der Waals surface area contributed by atoms with E-state index >= 15 is 0 Å². The molecule has 3 nitrogen and oxygen atoms in total. The van der Waals surface area contributed by atoms with Gasteiger partial charge in [-0.05, 0) is 25.0 Å². The highest BCUT2D eigenvalue weighted by atomic mass is 35.5. The maximum atomic E-state index is 13.9. The normalized spacial score (nSPS) is 16.3. The fourth-order valence-corrected chi connectivity index (χ4v) is 2.96. The number of anilines is 2. The summed E-state index contributed by atoms with van der Waals surface area (Å²) in [5, 5.41) is 3.17. The van der Waals surface area contributed by atoms with Crippen LogP contribution in [-0.4, -0.2) is 9.55 Å². The Morgan fingerprint density at radius 1 is 1.25 bits per heavy atom. The molecular formula is C15H17ClFN3. The molecule has 1 aromatic carbocycles. The van der Waals surface area contributed by atoms with Crippen LogP contribution in [0.4, 0.5) is 16.0 Å². The van der Waals surface area contributed by atoms with Gasteiger partial charge in [0.05, 0.1) is 10.7 Å². The summed E-state index contributed by atoms with van der Waals surface area (Å²) >= 11 is 5.80. The van der Waals surface area contributed by atoms with Gasteiger partial charge >= 0.3 is 0 Å². The number of nitrogens with zero attached hydrogens (tertiary/aromatic N) is 2. The zero-order valence-electron chi connectivity index (χ0n) is 11.1. The minimum Gasteiger partial charge on any atom is -0.323 e. The summed E-state index contributed by atoms with van der Waals surface area (Å²) in [7, 11) is 0. The van der Waals surface area contributed by atoms with Crippen LogP contribution in [0.2, 0.25) is 5.02 Å². The van der Waals surface area contributed by atoms with E-state index in [1.54, 1.807) is 18.3 Å². The van der Waals surface area contributed by atoms with E-state index in [9.17, 15) is 4.39 Å². The first kappa shape index (κ1) is 13.4. The van der Waals surface area contributed by atoms with Crippen LogP contribution in [0.25, 0.3) is 0 Å². The van der Waals surface area contributed by atoms with Crippen molar-refractivity contribution in [3.63, 3.8) is 0 Å². The van der Waals surface area contributed by atoms with E-state index in [2.05, 4.69) is 14.9 Å². The van der Waals surface area contributed by atoms with E-state index in [1.807, 2.05) is 6.20 Å². The molecule has 1 aromatic heterocycles. The SMILES string of the molecule is Fc1c(Cl)cccc1Nc1nccn1C1CCCCC1. The molecule has 0 saturated heterocycles. The van der Waals surface area contributed by atoms with Crippen LogP contribution >= 0.6 is 11.6 Å². The number of hydrogen-bond donors (Lipinski definition) is 1. The Morgan fingerprint density at radius 2 is 2.05 bits per heavy atom. The van der Waals surface area contributed by atoms with Gasteiger partial charge < -0.3 is 9.88 Å². The molecule has 0 unspecified atom stereocenters. The zero-order chi connectivity index (χ0) is 13.9. The Balaban J connectivity index is 1.84. The molecule has 0 amide bonds. The van der Waals surface area contributed by atoms with E-state index in [-0.39, 0.29) is 5.02 Å². The molecule has 0 spiro atoms. The first-order valence-electron chi connectivity index (χ1n) is 6.99. The predicted octanol–water partition coefficient (Wildman–Crippen LogP) is 4.92. The maximum Gasteiger partial charge on any atom is 0.207 e. The number of aromatic nitrogens is 2. The van der Waals surface area contributed by atoms with Crippen molar-refractivity contribution in [3.05, 3.63) is 41.4 Å². The molecule has 1 aliphatic carbocycles. The lowest BCUT2D eigenvalue weighted by molar-refractivity contribution is 0.356. The second kappa shape index (κ2) is 5.83. The molecule has 0 aliphatic heterocycles. The monoisotopic (exact) mass is 293 g/mol. The highest BCUT2D eigenvalue weighted by molar-refractivity contribution is 6.31. The van der Waals surface area contributed by atoms with Crippen LogP contribution in [0.5, 0.6) is 0 Å². The minimum absolute atomic E-state index is 0.116. The molecule has 3 rings (SSSR count). The van der Waals surface area contributed by atoms with Gasteiger partial charge in [-0.2, -0.15) is 0 Å². The van der Waals surface area contributed by atoms with E-state index in [0.29, 0.717) is 17.7 Å². The topological polar surface area (TPSA) is 29.9 Å². The second-order valence-corrected chi connectivity index (χ2v) is 5.58. The number of hydrogen-bond acceptors (Lipinski definition) is 2. The first-order chi connectivity index (χ1) is 9.75. The molecular weight excluding hydrogens is 277 g/mol. The van der Waals surface area contributed by atoms with Crippen molar-refractivity contribution in [1.82, 2.24) is 9.55 Å². The predicted molar refractivity (Wildman–Crippen MR) is 79.0 cm³/mol. The van der Waals surface area contributed by atoms with Crippen LogP contribution in [0.1, 0.15) is 38.1 Å². The summed E-state index contributed by atoms with van der Waals surface area (Å²) in [6.07, 6.45) is 9.81. The number of nitrogens with one attached hydrogen (secondary N) is 1. The van der Waals surface area contributed by atoms with Gasteiger partial charge in [-0.15, -0.1) is 0 Å². The van der Waals surface area contributed by atoms with Crippen molar-refractivity contribution in [3.8, 4) is 0 Å². The van der Waals surface area contributed by atoms with Crippen molar-refractivity contribution in [1.29, 1.82) is 0 Å². The largest absolute Gasteiger partial charge is 0.323 e. The van der Waals surface area contributed by atoms with Gasteiger partial charge in [0.2, 0.25) is 5.95 Å². The quantitative estimate of drug-likeness (QED) is 0.870. The average Bonchev–Trinajstić information content (AvgIpc) is 2.93. The summed E-state index contributed by atoms with van der Waals surface area (Å²) in [6, 6.07) is 5.38. The molecule has 1 saturated carbocycles. The molecule has 1 fully saturated rings. The Hall–Kier alpha value is -1.55. The summed E-state index contributed by atoms with van der Waals surface area (Å²) in [5.74, 6) is 0.241. The van der Waals surface area contributed by atoms with E-state index in [4.69, 9.17) is 11.6 Å². The Kier molecular flexibility index (Phi) is 3.92. The average molecular weight is 294 g/mol. The van der Waals surface area contributed by atoms with Gasteiger partial charge in [0.25, 0.3) is 0 Å². The number of halogens is 2. The number of benzene rings is 1.